The van der Waals surface area contributed by atoms with E-state index in [0.29, 0.717) is 24.4 Å². The highest BCUT2D eigenvalue weighted by atomic mass is 127. The number of nitrogens with zero attached hydrogens (tertiary/aromatic N) is 2. The van der Waals surface area contributed by atoms with Crippen LogP contribution in [-0.2, 0) is 6.54 Å². The zero-order valence-corrected chi connectivity index (χ0v) is 19.2. The number of guanidine groups is 1. The third kappa shape index (κ3) is 7.99. The van der Waals surface area contributed by atoms with E-state index in [9.17, 15) is 5.11 Å². The highest BCUT2D eigenvalue weighted by molar-refractivity contribution is 14.0. The smallest absolute Gasteiger partial charge is 0.191 e. The molecule has 6 nitrogen and oxygen atoms in total. The van der Waals surface area contributed by atoms with Crippen LogP contribution < -0.4 is 15.4 Å². The van der Waals surface area contributed by atoms with Crippen molar-refractivity contribution < 1.29 is 9.84 Å². The van der Waals surface area contributed by atoms with Crippen LogP contribution in [0.1, 0.15) is 40.2 Å². The van der Waals surface area contributed by atoms with Gasteiger partial charge in [0.25, 0.3) is 0 Å². The summed E-state index contributed by atoms with van der Waals surface area (Å²) in [5.41, 5.74) is 0.738. The molecule has 0 aliphatic rings. The van der Waals surface area contributed by atoms with Gasteiger partial charge in [0.05, 0.1) is 13.7 Å². The number of rotatable bonds is 9. The van der Waals surface area contributed by atoms with Gasteiger partial charge in [-0.05, 0) is 40.7 Å². The number of para-hydroxylation sites is 1. The minimum atomic E-state index is 0. The van der Waals surface area contributed by atoms with E-state index in [1.807, 2.05) is 19.1 Å². The molecule has 0 aromatic heterocycles. The van der Waals surface area contributed by atoms with Crippen LogP contribution in [0.3, 0.4) is 0 Å². The first kappa shape index (κ1) is 24.8. The fourth-order valence-corrected chi connectivity index (χ4v) is 2.78. The van der Waals surface area contributed by atoms with Gasteiger partial charge in [-0.2, -0.15) is 0 Å². The number of aliphatic imine (C=N–C) groups is 1. The quantitative estimate of drug-likeness (QED) is 0.289. The molecule has 7 heteroatoms. The molecule has 150 valence electrons. The minimum Gasteiger partial charge on any atom is -0.504 e. The second-order valence-electron chi connectivity index (χ2n) is 6.52. The van der Waals surface area contributed by atoms with E-state index in [0.717, 1.165) is 31.2 Å². The van der Waals surface area contributed by atoms with E-state index in [2.05, 4.69) is 48.2 Å². The van der Waals surface area contributed by atoms with E-state index in [1.165, 1.54) is 0 Å². The van der Waals surface area contributed by atoms with Crippen LogP contribution in [0.2, 0.25) is 0 Å². The summed E-state index contributed by atoms with van der Waals surface area (Å²) in [6, 6.07) is 6.46. The third-order valence-electron chi connectivity index (χ3n) is 4.04. The van der Waals surface area contributed by atoms with E-state index >= 15 is 0 Å². The Labute approximate surface area is 175 Å². The molecule has 0 radical (unpaired) electrons. The van der Waals surface area contributed by atoms with Gasteiger partial charge < -0.3 is 20.5 Å². The lowest BCUT2D eigenvalue weighted by Crippen LogP contribution is -2.45. The van der Waals surface area contributed by atoms with Gasteiger partial charge in [0.1, 0.15) is 0 Å². The summed E-state index contributed by atoms with van der Waals surface area (Å²) < 4.78 is 5.14. The van der Waals surface area contributed by atoms with Gasteiger partial charge in [-0.3, -0.25) is 4.90 Å². The first-order chi connectivity index (χ1) is 11.9. The number of halogens is 1. The molecule has 0 bridgehead atoms. The lowest BCUT2D eigenvalue weighted by molar-refractivity contribution is 0.178. The number of phenolic OH excluding ortho intramolecular Hbond substituents is 1. The first-order valence-electron chi connectivity index (χ1n) is 9.03. The summed E-state index contributed by atoms with van der Waals surface area (Å²) in [4.78, 5) is 7.00. The van der Waals surface area contributed by atoms with Crippen molar-refractivity contribution in [2.45, 2.75) is 53.2 Å². The van der Waals surface area contributed by atoms with Crippen LogP contribution in [0.15, 0.2) is 23.2 Å². The van der Waals surface area contributed by atoms with Gasteiger partial charge >= 0.3 is 0 Å². The van der Waals surface area contributed by atoms with Gasteiger partial charge in [-0.1, -0.05) is 12.1 Å². The van der Waals surface area contributed by atoms with Crippen molar-refractivity contribution in [3.05, 3.63) is 23.8 Å². The molecular weight excluding hydrogens is 443 g/mol. The zero-order valence-electron chi connectivity index (χ0n) is 16.9. The van der Waals surface area contributed by atoms with E-state index < -0.39 is 0 Å². The molecule has 0 fully saturated rings. The van der Waals surface area contributed by atoms with Crippen molar-refractivity contribution in [2.75, 3.05) is 26.7 Å². The van der Waals surface area contributed by atoms with E-state index in [1.54, 1.807) is 13.2 Å². The maximum absolute atomic E-state index is 10.2. The molecule has 0 spiro atoms. The van der Waals surface area contributed by atoms with Gasteiger partial charge in [-0.25, -0.2) is 4.99 Å². The Hall–Kier alpha value is -1.22. The predicted molar refractivity (Wildman–Crippen MR) is 120 cm³/mol. The largest absolute Gasteiger partial charge is 0.504 e. The molecule has 1 rings (SSSR count). The van der Waals surface area contributed by atoms with Crippen LogP contribution in [0.5, 0.6) is 11.5 Å². The number of methoxy groups -OCH3 is 1. The van der Waals surface area contributed by atoms with Crippen LogP contribution in [0.25, 0.3) is 0 Å². The molecule has 0 atom stereocenters. The summed E-state index contributed by atoms with van der Waals surface area (Å²) in [6.45, 7) is 13.8. The lowest BCUT2D eigenvalue weighted by Gasteiger charge is -2.30. The number of hydrogen-bond acceptors (Lipinski definition) is 4. The van der Waals surface area contributed by atoms with Crippen molar-refractivity contribution >= 4 is 29.9 Å². The number of ether oxygens (including phenoxy) is 1. The molecule has 1 aromatic rings. The molecule has 0 aliphatic heterocycles. The molecule has 0 heterocycles. The Balaban J connectivity index is 0.00000625. The SMILES string of the molecule is CCNC(=NCc1cccc(OC)c1O)NCCN(C(C)C)C(C)C.I. The monoisotopic (exact) mass is 478 g/mol. The average Bonchev–Trinajstić information content (AvgIpc) is 2.56. The molecule has 0 amide bonds. The maximum Gasteiger partial charge on any atom is 0.191 e. The van der Waals surface area contributed by atoms with Gasteiger partial charge in [0.15, 0.2) is 17.5 Å². The van der Waals surface area contributed by atoms with E-state index in [4.69, 9.17) is 4.74 Å². The van der Waals surface area contributed by atoms with Crippen molar-refractivity contribution in [1.82, 2.24) is 15.5 Å². The minimum absolute atomic E-state index is 0. The molecule has 3 N–H and O–H groups in total. The summed E-state index contributed by atoms with van der Waals surface area (Å²) in [5.74, 6) is 1.36. The summed E-state index contributed by atoms with van der Waals surface area (Å²) in [5, 5.41) is 16.8. The number of benzene rings is 1. The maximum atomic E-state index is 10.2. The van der Waals surface area contributed by atoms with Gasteiger partial charge in [0.2, 0.25) is 0 Å². The number of phenols is 1. The summed E-state index contributed by atoms with van der Waals surface area (Å²) in [7, 11) is 1.54. The lowest BCUT2D eigenvalue weighted by atomic mass is 10.2. The third-order valence-corrected chi connectivity index (χ3v) is 4.04. The Morgan fingerprint density at radius 3 is 2.38 bits per heavy atom. The van der Waals surface area contributed by atoms with Crippen molar-refractivity contribution in [1.29, 1.82) is 0 Å². The number of hydrogen-bond donors (Lipinski definition) is 3. The van der Waals surface area contributed by atoms with Crippen LogP contribution in [-0.4, -0.2) is 54.8 Å². The van der Waals surface area contributed by atoms with Crippen LogP contribution in [0.4, 0.5) is 0 Å². The second kappa shape index (κ2) is 13.0. The molecule has 0 saturated carbocycles. The molecule has 1 aromatic carbocycles. The second-order valence-corrected chi connectivity index (χ2v) is 6.52. The highest BCUT2D eigenvalue weighted by Crippen LogP contribution is 2.29. The summed E-state index contributed by atoms with van der Waals surface area (Å²) in [6.07, 6.45) is 0. The molecule has 0 aliphatic carbocycles. The Morgan fingerprint density at radius 2 is 1.85 bits per heavy atom. The fraction of sp³-hybridized carbons (Fsp3) is 0.632. The topological polar surface area (TPSA) is 69.1 Å². The van der Waals surface area contributed by atoms with Crippen molar-refractivity contribution in [3.8, 4) is 11.5 Å². The van der Waals surface area contributed by atoms with E-state index in [-0.39, 0.29) is 29.7 Å². The van der Waals surface area contributed by atoms with Crippen molar-refractivity contribution in [3.63, 3.8) is 0 Å². The Morgan fingerprint density at radius 1 is 1.19 bits per heavy atom. The first-order valence-corrected chi connectivity index (χ1v) is 9.03. The fourth-order valence-electron chi connectivity index (χ4n) is 2.78. The highest BCUT2D eigenvalue weighted by Gasteiger charge is 2.13. The van der Waals surface area contributed by atoms with Gasteiger partial charge in [-0.15, -0.1) is 24.0 Å². The van der Waals surface area contributed by atoms with Crippen molar-refractivity contribution in [2.24, 2.45) is 4.99 Å². The molecule has 0 saturated heterocycles. The normalized spacial score (nSPS) is 11.7. The molecule has 0 unspecified atom stereocenters. The number of aromatic hydroxyl groups is 1. The Bertz CT molecular complexity index is 542. The number of nitrogens with one attached hydrogen (secondary N) is 2. The summed E-state index contributed by atoms with van der Waals surface area (Å²) >= 11 is 0. The van der Waals surface area contributed by atoms with Crippen LogP contribution >= 0.6 is 24.0 Å². The molecular formula is C19H35IN4O2. The Kier molecular flexibility index (Phi) is 12.4. The van der Waals surface area contributed by atoms with Gasteiger partial charge in [0, 0.05) is 37.3 Å². The average molecular weight is 478 g/mol. The standard InChI is InChI=1S/C19H34N4O2.HI/c1-7-20-19(21-11-12-23(14(2)3)15(4)5)22-13-16-9-8-10-17(25-6)18(16)24;/h8-10,14-15,24H,7,11-13H2,1-6H3,(H2,20,21,22);1H. The van der Waals surface area contributed by atoms with Crippen LogP contribution in [0, 0.1) is 0 Å². The molecule has 26 heavy (non-hydrogen) atoms. The zero-order chi connectivity index (χ0) is 18.8. The predicted octanol–water partition coefficient (Wildman–Crippen LogP) is 3.19.